The Hall–Kier alpha value is -1.05. The Kier molecular flexibility index (Phi) is 2.94. The Labute approximate surface area is 88.6 Å². The van der Waals surface area contributed by atoms with Crippen molar-refractivity contribution in [1.82, 2.24) is 0 Å². The van der Waals surface area contributed by atoms with Gasteiger partial charge < -0.3 is 14.6 Å². The predicted octanol–water partition coefficient (Wildman–Crippen LogP) is 1.01. The Morgan fingerprint density at radius 1 is 1.27 bits per heavy atom. The molecule has 4 heteroatoms. The zero-order chi connectivity index (χ0) is 10.7. The van der Waals surface area contributed by atoms with Crippen molar-refractivity contribution in [2.24, 2.45) is 5.92 Å². The normalized spacial score (nSPS) is 24.8. The molecule has 0 atom stereocenters. The Balaban J connectivity index is 1.87. The van der Waals surface area contributed by atoms with Crippen LogP contribution in [-0.2, 0) is 14.3 Å². The van der Waals surface area contributed by atoms with Crippen LogP contribution in [-0.4, -0.2) is 30.1 Å². The Bertz CT molecular complexity index is 296. The number of rotatable bonds is 0. The molecule has 0 bridgehead atoms. The fourth-order valence-electron chi connectivity index (χ4n) is 2.15. The van der Waals surface area contributed by atoms with Gasteiger partial charge in [0.05, 0.1) is 13.2 Å². The maximum atomic E-state index is 10.3. The van der Waals surface area contributed by atoms with Gasteiger partial charge in [0.1, 0.15) is 0 Å². The Morgan fingerprint density at radius 3 is 2.40 bits per heavy atom. The standard InChI is InChI=1S/C11H14O4/c12-10(13)2-1-9-3-5-11(6-4-9)14-7-8-15-11/h9H,3-8H2,(H,12,13). The van der Waals surface area contributed by atoms with Gasteiger partial charge in [-0.05, 0) is 12.8 Å². The van der Waals surface area contributed by atoms with E-state index in [0.29, 0.717) is 13.2 Å². The molecule has 15 heavy (non-hydrogen) atoms. The quantitative estimate of drug-likeness (QED) is 0.606. The molecule has 1 N–H and O–H groups in total. The molecule has 0 amide bonds. The van der Waals surface area contributed by atoms with Gasteiger partial charge in [-0.2, -0.15) is 0 Å². The monoisotopic (exact) mass is 210 g/mol. The molecule has 0 aromatic heterocycles. The van der Waals surface area contributed by atoms with E-state index >= 15 is 0 Å². The van der Waals surface area contributed by atoms with Crippen molar-refractivity contribution in [3.8, 4) is 11.8 Å². The molecule has 0 aromatic carbocycles. The highest BCUT2D eigenvalue weighted by atomic mass is 16.7. The first-order valence-electron chi connectivity index (χ1n) is 5.23. The molecule has 1 spiro atoms. The van der Waals surface area contributed by atoms with Gasteiger partial charge in [0.25, 0.3) is 0 Å². The van der Waals surface area contributed by atoms with Crippen LogP contribution in [0.15, 0.2) is 0 Å². The van der Waals surface area contributed by atoms with Crippen molar-refractivity contribution in [2.75, 3.05) is 13.2 Å². The van der Waals surface area contributed by atoms with Crippen LogP contribution in [0.25, 0.3) is 0 Å². The highest BCUT2D eigenvalue weighted by Crippen LogP contribution is 2.37. The van der Waals surface area contributed by atoms with Crippen LogP contribution >= 0.6 is 0 Å². The number of carboxylic acids is 1. The lowest BCUT2D eigenvalue weighted by atomic mass is 9.85. The zero-order valence-corrected chi connectivity index (χ0v) is 8.49. The van der Waals surface area contributed by atoms with Crippen LogP contribution in [0.3, 0.4) is 0 Å². The summed E-state index contributed by atoms with van der Waals surface area (Å²) in [5, 5.41) is 8.43. The largest absolute Gasteiger partial charge is 0.472 e. The highest BCUT2D eigenvalue weighted by molar-refractivity contribution is 5.86. The van der Waals surface area contributed by atoms with Gasteiger partial charge in [0, 0.05) is 24.7 Å². The van der Waals surface area contributed by atoms with Crippen molar-refractivity contribution in [2.45, 2.75) is 31.5 Å². The summed E-state index contributed by atoms with van der Waals surface area (Å²) in [6.07, 6.45) is 3.37. The highest BCUT2D eigenvalue weighted by Gasteiger charge is 2.39. The number of aliphatic carboxylic acids is 1. The van der Waals surface area contributed by atoms with Crippen LogP contribution < -0.4 is 0 Å². The molecule has 0 unspecified atom stereocenters. The summed E-state index contributed by atoms with van der Waals surface area (Å²) in [4.78, 5) is 10.3. The molecule has 2 aliphatic rings. The van der Waals surface area contributed by atoms with Gasteiger partial charge in [0.2, 0.25) is 0 Å². The molecule has 2 rings (SSSR count). The lowest BCUT2D eigenvalue weighted by Crippen LogP contribution is -2.34. The van der Waals surface area contributed by atoms with E-state index in [1.54, 1.807) is 0 Å². The smallest absolute Gasteiger partial charge is 0.381 e. The van der Waals surface area contributed by atoms with Crippen molar-refractivity contribution in [1.29, 1.82) is 0 Å². The van der Waals surface area contributed by atoms with E-state index in [0.717, 1.165) is 25.7 Å². The number of ether oxygens (including phenoxy) is 2. The summed E-state index contributed by atoms with van der Waals surface area (Å²) >= 11 is 0. The molecule has 4 nitrogen and oxygen atoms in total. The first kappa shape index (κ1) is 10.5. The minimum Gasteiger partial charge on any atom is -0.472 e. The topological polar surface area (TPSA) is 55.8 Å². The molecular weight excluding hydrogens is 196 g/mol. The minimum atomic E-state index is -1.05. The first-order chi connectivity index (χ1) is 7.20. The van der Waals surface area contributed by atoms with Gasteiger partial charge in [-0.15, -0.1) is 0 Å². The summed E-state index contributed by atoms with van der Waals surface area (Å²) in [6, 6.07) is 0. The van der Waals surface area contributed by atoms with Gasteiger partial charge in [-0.3, -0.25) is 0 Å². The zero-order valence-electron chi connectivity index (χ0n) is 8.49. The first-order valence-corrected chi connectivity index (χ1v) is 5.23. The summed E-state index contributed by atoms with van der Waals surface area (Å²) < 4.78 is 11.1. The van der Waals surface area contributed by atoms with Gasteiger partial charge in [-0.25, -0.2) is 4.79 Å². The van der Waals surface area contributed by atoms with E-state index in [4.69, 9.17) is 14.6 Å². The molecule has 2 fully saturated rings. The molecule has 82 valence electrons. The number of carbonyl (C=O) groups is 1. The molecule has 1 aliphatic heterocycles. The predicted molar refractivity (Wildman–Crippen MR) is 52.0 cm³/mol. The number of carboxylic acid groups (broad SMARTS) is 1. The third-order valence-electron chi connectivity index (χ3n) is 2.94. The van der Waals surface area contributed by atoms with Crippen molar-refractivity contribution in [3.63, 3.8) is 0 Å². The maximum Gasteiger partial charge on any atom is 0.381 e. The molecule has 1 aliphatic carbocycles. The van der Waals surface area contributed by atoms with Crippen LogP contribution in [0, 0.1) is 17.8 Å². The lowest BCUT2D eigenvalue weighted by molar-refractivity contribution is -0.180. The number of hydrogen-bond donors (Lipinski definition) is 1. The fraction of sp³-hybridized carbons (Fsp3) is 0.727. The van der Waals surface area contributed by atoms with E-state index < -0.39 is 5.97 Å². The van der Waals surface area contributed by atoms with Crippen molar-refractivity contribution in [3.05, 3.63) is 0 Å². The third kappa shape index (κ3) is 2.49. The lowest BCUT2D eigenvalue weighted by Gasteiger charge is -2.33. The molecule has 0 radical (unpaired) electrons. The summed E-state index contributed by atoms with van der Waals surface area (Å²) in [6.45, 7) is 1.34. The molecule has 1 heterocycles. The van der Waals surface area contributed by atoms with E-state index in [2.05, 4.69) is 11.8 Å². The summed E-state index contributed by atoms with van der Waals surface area (Å²) in [5.41, 5.74) is 0. The maximum absolute atomic E-state index is 10.3. The van der Waals surface area contributed by atoms with Gasteiger partial charge in [-0.1, -0.05) is 5.92 Å². The number of hydrogen-bond acceptors (Lipinski definition) is 3. The second kappa shape index (κ2) is 4.21. The average molecular weight is 210 g/mol. The van der Waals surface area contributed by atoms with E-state index in [1.165, 1.54) is 0 Å². The van der Waals surface area contributed by atoms with E-state index in [-0.39, 0.29) is 11.7 Å². The second-order valence-electron chi connectivity index (χ2n) is 3.96. The van der Waals surface area contributed by atoms with Gasteiger partial charge in [0.15, 0.2) is 5.79 Å². The van der Waals surface area contributed by atoms with Crippen LogP contribution in [0.1, 0.15) is 25.7 Å². The van der Waals surface area contributed by atoms with Crippen LogP contribution in [0.5, 0.6) is 0 Å². The van der Waals surface area contributed by atoms with Crippen LogP contribution in [0.2, 0.25) is 0 Å². The molecular formula is C11H14O4. The average Bonchev–Trinajstić information content (AvgIpc) is 2.66. The summed E-state index contributed by atoms with van der Waals surface area (Å²) in [5.74, 6) is 3.70. The van der Waals surface area contributed by atoms with E-state index in [9.17, 15) is 4.79 Å². The fourth-order valence-corrected chi connectivity index (χ4v) is 2.15. The van der Waals surface area contributed by atoms with Crippen molar-refractivity contribution >= 4 is 5.97 Å². The minimum absolute atomic E-state index is 0.180. The second-order valence-corrected chi connectivity index (χ2v) is 3.96. The van der Waals surface area contributed by atoms with E-state index in [1.807, 2.05) is 0 Å². The third-order valence-corrected chi connectivity index (χ3v) is 2.94. The van der Waals surface area contributed by atoms with Crippen LogP contribution in [0.4, 0.5) is 0 Å². The summed E-state index contributed by atoms with van der Waals surface area (Å²) in [7, 11) is 0. The molecule has 0 aromatic rings. The van der Waals surface area contributed by atoms with Crippen molar-refractivity contribution < 1.29 is 19.4 Å². The Morgan fingerprint density at radius 2 is 1.87 bits per heavy atom. The molecule has 1 saturated heterocycles. The molecule has 1 saturated carbocycles. The van der Waals surface area contributed by atoms with Gasteiger partial charge >= 0.3 is 5.97 Å². The SMILES string of the molecule is O=C(O)C#CC1CCC2(CC1)OCCO2.